The zero-order chi connectivity index (χ0) is 20.2. The second-order valence-electron chi connectivity index (χ2n) is 7.22. The van der Waals surface area contributed by atoms with Crippen molar-refractivity contribution in [1.82, 2.24) is 15.0 Å². The van der Waals surface area contributed by atoms with E-state index in [1.54, 1.807) is 19.1 Å². The minimum Gasteiger partial charge on any atom is -0.334 e. The van der Waals surface area contributed by atoms with Gasteiger partial charge in [0.25, 0.3) is 11.8 Å². The smallest absolute Gasteiger partial charge is 0.257 e. The van der Waals surface area contributed by atoms with Crippen LogP contribution in [0.2, 0.25) is 0 Å². The lowest BCUT2D eigenvalue weighted by Crippen LogP contribution is -2.32. The molecule has 1 aliphatic rings. The van der Waals surface area contributed by atoms with E-state index in [-0.39, 0.29) is 5.91 Å². The minimum atomic E-state index is -0.132. The van der Waals surface area contributed by atoms with Gasteiger partial charge in [0.05, 0.1) is 0 Å². The van der Waals surface area contributed by atoms with Gasteiger partial charge in [-0.05, 0) is 55.3 Å². The lowest BCUT2D eigenvalue weighted by molar-refractivity contribution is 0.102. The first kappa shape index (κ1) is 19.7. The number of hydrogen-bond acceptors (Lipinski definition) is 6. The Bertz CT molecular complexity index is 994. The van der Waals surface area contributed by atoms with E-state index in [1.165, 1.54) is 17.1 Å². The molecule has 1 aliphatic heterocycles. The van der Waals surface area contributed by atoms with Crippen molar-refractivity contribution in [3.05, 3.63) is 65.0 Å². The van der Waals surface area contributed by atoms with Crippen molar-refractivity contribution in [3.8, 4) is 11.5 Å². The van der Waals surface area contributed by atoms with E-state index in [2.05, 4.69) is 38.6 Å². The van der Waals surface area contributed by atoms with Crippen molar-refractivity contribution in [3.63, 3.8) is 0 Å². The molecule has 150 valence electrons. The van der Waals surface area contributed by atoms with Gasteiger partial charge in [0, 0.05) is 48.0 Å². The zero-order valence-electron chi connectivity index (χ0n) is 16.6. The Labute approximate surface area is 174 Å². The molecule has 0 atom stereocenters. The summed E-state index contributed by atoms with van der Waals surface area (Å²) in [6.45, 7) is 6.94. The Morgan fingerprint density at radius 1 is 1.14 bits per heavy atom. The highest BCUT2D eigenvalue weighted by Gasteiger charge is 2.13. The highest BCUT2D eigenvalue weighted by Crippen LogP contribution is 2.22. The molecule has 2 heterocycles. The molecule has 1 fully saturated rings. The number of anilines is 1. The molecule has 0 bridgehead atoms. The van der Waals surface area contributed by atoms with E-state index in [4.69, 9.17) is 4.52 Å². The maximum absolute atomic E-state index is 12.7. The summed E-state index contributed by atoms with van der Waals surface area (Å²) in [6.07, 6.45) is 0. The average molecular weight is 409 g/mol. The average Bonchev–Trinajstić information content (AvgIpc) is 3.18. The van der Waals surface area contributed by atoms with Crippen molar-refractivity contribution < 1.29 is 9.32 Å². The second kappa shape index (κ2) is 8.80. The Hall–Kier alpha value is -2.64. The van der Waals surface area contributed by atoms with Gasteiger partial charge < -0.3 is 9.84 Å². The Morgan fingerprint density at radius 2 is 1.90 bits per heavy atom. The van der Waals surface area contributed by atoms with Crippen molar-refractivity contribution in [2.45, 2.75) is 20.4 Å². The van der Waals surface area contributed by atoms with Crippen molar-refractivity contribution in [1.29, 1.82) is 0 Å². The molecule has 0 unspecified atom stereocenters. The van der Waals surface area contributed by atoms with Crippen LogP contribution in [0.25, 0.3) is 11.5 Å². The molecule has 4 rings (SSSR count). The number of amides is 1. The van der Waals surface area contributed by atoms with E-state index in [1.807, 2.05) is 30.8 Å². The van der Waals surface area contributed by atoms with Crippen molar-refractivity contribution >= 4 is 23.4 Å². The van der Waals surface area contributed by atoms with Gasteiger partial charge in [-0.15, -0.1) is 0 Å². The van der Waals surface area contributed by atoms with E-state index in [9.17, 15) is 4.79 Å². The summed E-state index contributed by atoms with van der Waals surface area (Å²) in [7, 11) is 0. The molecule has 7 heteroatoms. The summed E-state index contributed by atoms with van der Waals surface area (Å²) < 4.78 is 5.17. The first-order valence-corrected chi connectivity index (χ1v) is 10.9. The van der Waals surface area contributed by atoms with Crippen molar-refractivity contribution in [2.24, 2.45) is 0 Å². The fraction of sp³-hybridized carbons (Fsp3) is 0.318. The number of carbonyl (C=O) groups excluding carboxylic acids is 1. The van der Waals surface area contributed by atoms with E-state index >= 15 is 0 Å². The fourth-order valence-corrected chi connectivity index (χ4v) is 4.27. The largest absolute Gasteiger partial charge is 0.334 e. The summed E-state index contributed by atoms with van der Waals surface area (Å²) >= 11 is 2.01. The molecule has 29 heavy (non-hydrogen) atoms. The number of rotatable bonds is 5. The van der Waals surface area contributed by atoms with Gasteiger partial charge in [-0.3, -0.25) is 9.69 Å². The zero-order valence-corrected chi connectivity index (χ0v) is 17.5. The van der Waals surface area contributed by atoms with Gasteiger partial charge in [0.2, 0.25) is 0 Å². The van der Waals surface area contributed by atoms with Gasteiger partial charge >= 0.3 is 0 Å². The van der Waals surface area contributed by atoms with Crippen LogP contribution in [-0.2, 0) is 6.54 Å². The summed E-state index contributed by atoms with van der Waals surface area (Å²) in [4.78, 5) is 19.4. The number of carbonyl (C=O) groups is 1. The SMILES string of the molecule is Cc1noc(-c2ccc(C(=O)Nc3cc(CN4CCSCC4)ccc3C)cc2)n1. The molecule has 0 spiro atoms. The first-order valence-electron chi connectivity index (χ1n) is 9.70. The molecular formula is C22H24N4O2S. The minimum absolute atomic E-state index is 0.132. The van der Waals surface area contributed by atoms with E-state index in [0.29, 0.717) is 17.3 Å². The highest BCUT2D eigenvalue weighted by molar-refractivity contribution is 7.99. The van der Waals surface area contributed by atoms with Gasteiger partial charge in [0.1, 0.15) is 0 Å². The number of thioether (sulfide) groups is 1. The molecule has 0 saturated carbocycles. The standard InChI is InChI=1S/C22H24N4O2S/c1-15-3-4-17(14-26-9-11-29-12-10-26)13-20(15)24-21(27)18-5-7-19(8-6-18)22-23-16(2)25-28-22/h3-8,13H,9-12,14H2,1-2H3,(H,24,27). The Balaban J connectivity index is 1.45. The highest BCUT2D eigenvalue weighted by atomic mass is 32.2. The summed E-state index contributed by atoms with van der Waals surface area (Å²) in [6, 6.07) is 13.5. The second-order valence-corrected chi connectivity index (χ2v) is 8.44. The number of benzene rings is 2. The number of aromatic nitrogens is 2. The van der Waals surface area contributed by atoms with Crippen LogP contribution in [-0.4, -0.2) is 45.5 Å². The van der Waals surface area contributed by atoms with Crippen LogP contribution < -0.4 is 5.32 Å². The Kier molecular flexibility index (Phi) is 5.97. The molecule has 1 amide bonds. The molecule has 0 aliphatic carbocycles. The first-order chi connectivity index (χ1) is 14.1. The number of nitrogens with one attached hydrogen (secondary N) is 1. The van der Waals surface area contributed by atoms with Crippen molar-refractivity contribution in [2.75, 3.05) is 29.9 Å². The van der Waals surface area contributed by atoms with Crippen LogP contribution in [0.1, 0.15) is 27.3 Å². The molecule has 1 N–H and O–H groups in total. The van der Waals surface area contributed by atoms with Crippen LogP contribution >= 0.6 is 11.8 Å². The molecule has 1 saturated heterocycles. The summed E-state index contributed by atoms with van der Waals surface area (Å²) in [5, 5.41) is 6.85. The predicted molar refractivity (Wildman–Crippen MR) is 116 cm³/mol. The van der Waals surface area contributed by atoms with Gasteiger partial charge in [0.15, 0.2) is 5.82 Å². The summed E-state index contributed by atoms with van der Waals surface area (Å²) in [5.74, 6) is 3.28. The fourth-order valence-electron chi connectivity index (χ4n) is 3.29. The quantitative estimate of drug-likeness (QED) is 0.684. The molecule has 2 aromatic carbocycles. The predicted octanol–water partition coefficient (Wildman–Crippen LogP) is 4.15. The van der Waals surface area contributed by atoms with Gasteiger partial charge in [-0.2, -0.15) is 16.7 Å². The number of hydrogen-bond donors (Lipinski definition) is 1. The molecule has 3 aromatic rings. The van der Waals surface area contributed by atoms with Crippen LogP contribution in [0.4, 0.5) is 5.69 Å². The Morgan fingerprint density at radius 3 is 2.59 bits per heavy atom. The van der Waals surface area contributed by atoms with Crippen LogP contribution in [0.3, 0.4) is 0 Å². The van der Waals surface area contributed by atoms with Gasteiger partial charge in [-0.25, -0.2) is 0 Å². The molecule has 6 nitrogen and oxygen atoms in total. The van der Waals surface area contributed by atoms with E-state index < -0.39 is 0 Å². The van der Waals surface area contributed by atoms with Crippen LogP contribution in [0, 0.1) is 13.8 Å². The number of nitrogens with zero attached hydrogens (tertiary/aromatic N) is 3. The third-order valence-electron chi connectivity index (χ3n) is 4.98. The maximum Gasteiger partial charge on any atom is 0.257 e. The van der Waals surface area contributed by atoms with Crippen LogP contribution in [0.15, 0.2) is 47.0 Å². The number of aryl methyl sites for hydroxylation is 2. The third-order valence-corrected chi connectivity index (χ3v) is 5.92. The molecular weight excluding hydrogens is 384 g/mol. The topological polar surface area (TPSA) is 71.3 Å². The maximum atomic E-state index is 12.7. The third kappa shape index (κ3) is 4.86. The normalized spacial score (nSPS) is 14.7. The van der Waals surface area contributed by atoms with E-state index in [0.717, 1.165) is 36.4 Å². The van der Waals surface area contributed by atoms with Crippen LogP contribution in [0.5, 0.6) is 0 Å². The monoisotopic (exact) mass is 408 g/mol. The molecule has 0 radical (unpaired) electrons. The molecule has 1 aromatic heterocycles. The van der Waals surface area contributed by atoms with Gasteiger partial charge in [-0.1, -0.05) is 17.3 Å². The lowest BCUT2D eigenvalue weighted by Gasteiger charge is -2.26. The summed E-state index contributed by atoms with van der Waals surface area (Å²) in [5.41, 5.74) is 4.51. The lowest BCUT2D eigenvalue weighted by atomic mass is 10.1.